The van der Waals surface area contributed by atoms with Crippen LogP contribution >= 0.6 is 0 Å². The summed E-state index contributed by atoms with van der Waals surface area (Å²) in [4.78, 5) is 26.5. The minimum atomic E-state index is -2.11. The molecule has 2 bridgehead atoms. The molecule has 0 spiro atoms. The normalized spacial score (nSPS) is 23.9. The van der Waals surface area contributed by atoms with Gasteiger partial charge < -0.3 is 19.6 Å². The number of carbonyl (C=O) groups is 2. The molecule has 3 fully saturated rings. The van der Waals surface area contributed by atoms with Gasteiger partial charge >= 0.3 is 5.97 Å². The van der Waals surface area contributed by atoms with E-state index < -0.39 is 11.6 Å². The van der Waals surface area contributed by atoms with Crippen LogP contribution in [0.15, 0.2) is 84.9 Å². The molecule has 3 aliphatic heterocycles. The average Bonchev–Trinajstić information content (AvgIpc) is 3.45. The number of hydrogen-bond donors (Lipinski definition) is 1. The Morgan fingerprint density at radius 3 is 1.98 bits per heavy atom. The molecule has 7 rings (SSSR count). The number of hydrogen-bond acceptors (Lipinski definition) is 4. The lowest BCUT2D eigenvalue weighted by atomic mass is 9.82. The van der Waals surface area contributed by atoms with Crippen molar-refractivity contribution in [3.63, 3.8) is 0 Å². The lowest BCUT2D eigenvalue weighted by Gasteiger charge is -2.53. The molecule has 0 radical (unpaired) electrons. The number of piperidine rings is 3. The van der Waals surface area contributed by atoms with Crippen molar-refractivity contribution in [1.82, 2.24) is 5.32 Å². The zero-order chi connectivity index (χ0) is 27.6. The van der Waals surface area contributed by atoms with Gasteiger partial charge in [0, 0.05) is 43.2 Å². The summed E-state index contributed by atoms with van der Waals surface area (Å²) in [7, 11) is 0. The molecule has 4 aliphatic rings. The van der Waals surface area contributed by atoms with E-state index in [0.717, 1.165) is 62.8 Å². The Hall–Kier alpha value is -3.48. The Morgan fingerprint density at radius 1 is 0.850 bits per heavy atom. The smallest absolute Gasteiger partial charge is 0.304 e. The highest BCUT2D eigenvalue weighted by atomic mass is 16.6. The summed E-state index contributed by atoms with van der Waals surface area (Å²) in [6, 6.07) is 26.0. The molecule has 3 heterocycles. The highest BCUT2D eigenvalue weighted by Crippen LogP contribution is 2.37. The summed E-state index contributed by atoms with van der Waals surface area (Å²) in [5.74, 6) is -0.246. The first-order valence-electron chi connectivity index (χ1n) is 14.7. The lowest BCUT2D eigenvalue weighted by molar-refractivity contribution is -0.946. The van der Waals surface area contributed by atoms with E-state index in [1.54, 1.807) is 48.5 Å². The van der Waals surface area contributed by atoms with Crippen molar-refractivity contribution in [2.45, 2.75) is 43.8 Å². The zero-order valence-corrected chi connectivity index (χ0v) is 23.0. The van der Waals surface area contributed by atoms with E-state index >= 15 is 0 Å². The van der Waals surface area contributed by atoms with Crippen LogP contribution in [0.1, 0.15) is 41.5 Å². The maximum Gasteiger partial charge on any atom is 0.304 e. The van der Waals surface area contributed by atoms with Crippen LogP contribution in [-0.4, -0.2) is 55.2 Å². The van der Waals surface area contributed by atoms with Crippen LogP contribution in [0.2, 0.25) is 0 Å². The summed E-state index contributed by atoms with van der Waals surface area (Å²) in [6.07, 6.45) is 4.26. The highest BCUT2D eigenvalue weighted by Gasteiger charge is 2.48. The van der Waals surface area contributed by atoms with Gasteiger partial charge in [0.25, 0.3) is 0 Å². The van der Waals surface area contributed by atoms with E-state index in [1.807, 2.05) is 24.3 Å². The minimum Gasteiger partial charge on any atom is -0.834 e. The fraction of sp³-hybridized carbons (Fsp3) is 0.412. The van der Waals surface area contributed by atoms with Crippen LogP contribution in [0.4, 0.5) is 0 Å². The number of carbonyl (C=O) groups excluding carboxylic acids is 2. The largest absolute Gasteiger partial charge is 0.834 e. The molecule has 1 amide bonds. The molecular weight excluding hydrogens is 500 g/mol. The monoisotopic (exact) mass is 538 g/mol. The molecule has 0 aromatic heterocycles. The standard InChI is InChI=1S/C34H38N2O4/c37-32(28-22-26-10-7-8-11-27(26)23-28)35-18-9-19-36-20-16-25(17-21-36)31(24-36)40-33(38)34(39,29-12-3-1-4-13-29)30-14-5-2-6-15-30/h1-8,10-15,25,28,31H,9,16-24H2,(H,35,37). The number of quaternary nitrogens is 1. The predicted molar refractivity (Wildman–Crippen MR) is 151 cm³/mol. The number of benzene rings is 3. The van der Waals surface area contributed by atoms with Gasteiger partial charge in [-0.3, -0.25) is 9.59 Å². The van der Waals surface area contributed by atoms with E-state index in [9.17, 15) is 14.7 Å². The second-order valence-corrected chi connectivity index (χ2v) is 11.9. The molecule has 40 heavy (non-hydrogen) atoms. The van der Waals surface area contributed by atoms with E-state index in [2.05, 4.69) is 17.4 Å². The molecule has 0 saturated carbocycles. The summed E-state index contributed by atoms with van der Waals surface area (Å²) in [6.45, 7) is 4.45. The maximum atomic E-state index is 14.3. The van der Waals surface area contributed by atoms with Crippen LogP contribution in [-0.2, 0) is 32.8 Å². The van der Waals surface area contributed by atoms with Crippen LogP contribution < -0.4 is 10.4 Å². The third kappa shape index (κ3) is 5.18. The van der Waals surface area contributed by atoms with Crippen molar-refractivity contribution >= 4 is 11.9 Å². The van der Waals surface area contributed by atoms with Gasteiger partial charge in [-0.1, -0.05) is 84.9 Å². The number of rotatable bonds is 9. The van der Waals surface area contributed by atoms with Crippen molar-refractivity contribution < 1.29 is 23.9 Å². The third-order valence-corrected chi connectivity index (χ3v) is 9.48. The second kappa shape index (κ2) is 11.2. The number of fused-ring (bicyclic) bond motifs is 4. The predicted octanol–water partition coefficient (Wildman–Crippen LogP) is 3.36. The zero-order valence-electron chi connectivity index (χ0n) is 23.0. The molecule has 3 saturated heterocycles. The van der Waals surface area contributed by atoms with Crippen molar-refractivity contribution in [2.24, 2.45) is 11.8 Å². The van der Waals surface area contributed by atoms with Gasteiger partial charge in [0.05, 0.1) is 19.6 Å². The van der Waals surface area contributed by atoms with Gasteiger partial charge in [0.15, 0.2) is 6.10 Å². The fourth-order valence-electron chi connectivity index (χ4n) is 7.15. The fourth-order valence-corrected chi connectivity index (χ4v) is 7.15. The Kier molecular flexibility index (Phi) is 7.47. The van der Waals surface area contributed by atoms with Gasteiger partial charge in [-0.15, -0.1) is 0 Å². The van der Waals surface area contributed by atoms with Crippen LogP contribution in [0, 0.1) is 11.8 Å². The third-order valence-electron chi connectivity index (χ3n) is 9.48. The Morgan fingerprint density at radius 2 is 1.40 bits per heavy atom. The van der Waals surface area contributed by atoms with Gasteiger partial charge in [-0.2, -0.15) is 0 Å². The lowest BCUT2D eigenvalue weighted by Crippen LogP contribution is -2.65. The van der Waals surface area contributed by atoms with E-state index in [-0.39, 0.29) is 17.9 Å². The Labute approximate surface area is 236 Å². The van der Waals surface area contributed by atoms with Gasteiger partial charge in [-0.05, 0) is 35.1 Å². The van der Waals surface area contributed by atoms with Crippen LogP contribution in [0.25, 0.3) is 0 Å². The molecule has 3 aromatic carbocycles. The molecule has 1 aliphatic carbocycles. The van der Waals surface area contributed by atoms with Crippen molar-refractivity contribution in [1.29, 1.82) is 0 Å². The summed E-state index contributed by atoms with van der Waals surface area (Å²) in [5, 5.41) is 17.5. The summed E-state index contributed by atoms with van der Waals surface area (Å²) in [5.41, 5.74) is 1.28. The first-order valence-corrected chi connectivity index (χ1v) is 14.7. The van der Waals surface area contributed by atoms with E-state index in [1.165, 1.54) is 11.1 Å². The highest BCUT2D eigenvalue weighted by molar-refractivity contribution is 5.85. The first-order chi connectivity index (χ1) is 19.5. The molecule has 1 atom stereocenters. The minimum absolute atomic E-state index is 0.0283. The molecule has 3 aromatic rings. The van der Waals surface area contributed by atoms with Crippen molar-refractivity contribution in [2.75, 3.05) is 32.7 Å². The molecule has 1 unspecified atom stereocenters. The first kappa shape index (κ1) is 26.7. The van der Waals surface area contributed by atoms with E-state index in [4.69, 9.17) is 4.74 Å². The topological polar surface area (TPSA) is 78.5 Å². The molecule has 6 nitrogen and oxygen atoms in total. The summed E-state index contributed by atoms with van der Waals surface area (Å²) < 4.78 is 7.02. The van der Waals surface area contributed by atoms with Gasteiger partial charge in [0.2, 0.25) is 5.91 Å². The van der Waals surface area contributed by atoms with Crippen LogP contribution in [0.5, 0.6) is 0 Å². The Balaban J connectivity index is 1.06. The number of nitrogens with one attached hydrogen (secondary N) is 1. The Bertz CT molecular complexity index is 1270. The van der Waals surface area contributed by atoms with Crippen LogP contribution in [0.3, 0.4) is 0 Å². The second-order valence-electron chi connectivity index (χ2n) is 11.9. The average molecular weight is 539 g/mol. The SMILES string of the molecule is O=C(NCCC[N+]12CCC(CC1)C(OC(=O)C([O-])(c1ccccc1)c1ccccc1)C2)C1Cc2ccccc2C1. The number of ether oxygens (including phenoxy) is 1. The van der Waals surface area contributed by atoms with Crippen molar-refractivity contribution in [3.05, 3.63) is 107 Å². The molecular formula is C34H38N2O4. The number of nitrogens with zero attached hydrogens (tertiary/aromatic N) is 1. The van der Waals surface area contributed by atoms with Gasteiger partial charge in [-0.25, -0.2) is 0 Å². The molecule has 1 N–H and O–H groups in total. The van der Waals surface area contributed by atoms with E-state index in [0.29, 0.717) is 23.6 Å². The molecule has 6 heteroatoms. The maximum absolute atomic E-state index is 14.3. The summed E-state index contributed by atoms with van der Waals surface area (Å²) >= 11 is 0. The van der Waals surface area contributed by atoms with Crippen molar-refractivity contribution in [3.8, 4) is 0 Å². The molecule has 208 valence electrons. The number of amides is 1. The van der Waals surface area contributed by atoms with Gasteiger partial charge in [0.1, 0.15) is 6.54 Å². The quantitative estimate of drug-likeness (QED) is 0.258. The number of esters is 1.